The first kappa shape index (κ1) is 15.8. The lowest BCUT2D eigenvalue weighted by Gasteiger charge is -2.30. The van der Waals surface area contributed by atoms with Gasteiger partial charge >= 0.3 is 0 Å². The number of hydrogen-bond donors (Lipinski definition) is 3. The number of rotatable bonds is 5. The summed E-state index contributed by atoms with van der Waals surface area (Å²) >= 11 is 0. The lowest BCUT2D eigenvalue weighted by molar-refractivity contribution is -0.122. The third kappa shape index (κ3) is 5.02. The fourth-order valence-electron chi connectivity index (χ4n) is 2.79. The van der Waals surface area contributed by atoms with Gasteiger partial charge in [0.15, 0.2) is 0 Å². The lowest BCUT2D eigenvalue weighted by Crippen LogP contribution is -2.45. The molecule has 1 aromatic carbocycles. The van der Waals surface area contributed by atoms with Crippen LogP contribution in [0.25, 0.3) is 0 Å². The minimum Gasteiger partial charge on any atom is -0.508 e. The number of piperidine rings is 1. The van der Waals surface area contributed by atoms with Gasteiger partial charge in [0.1, 0.15) is 5.75 Å². The zero-order valence-corrected chi connectivity index (χ0v) is 12.6. The SMILES string of the molecule is CN1CCCC(CNC(=O)C(N)Cc2ccc(O)cc2)C1. The average Bonchev–Trinajstić information content (AvgIpc) is 2.47. The van der Waals surface area contributed by atoms with Crippen molar-refractivity contribution in [3.63, 3.8) is 0 Å². The van der Waals surface area contributed by atoms with E-state index >= 15 is 0 Å². The minimum atomic E-state index is -0.545. The second-order valence-corrected chi connectivity index (χ2v) is 5.99. The molecule has 0 aliphatic carbocycles. The van der Waals surface area contributed by atoms with Crippen LogP contribution in [0.5, 0.6) is 5.75 Å². The van der Waals surface area contributed by atoms with Gasteiger partial charge in [-0.2, -0.15) is 0 Å². The number of amides is 1. The van der Waals surface area contributed by atoms with Crippen LogP contribution in [0.1, 0.15) is 18.4 Å². The molecule has 21 heavy (non-hydrogen) atoms. The Kier molecular flexibility index (Phi) is 5.59. The predicted molar refractivity (Wildman–Crippen MR) is 83.0 cm³/mol. The zero-order valence-electron chi connectivity index (χ0n) is 12.6. The Morgan fingerprint density at radius 2 is 2.19 bits per heavy atom. The van der Waals surface area contributed by atoms with Gasteiger partial charge < -0.3 is 21.1 Å². The number of carbonyl (C=O) groups excluding carboxylic acids is 1. The van der Waals surface area contributed by atoms with E-state index in [1.54, 1.807) is 24.3 Å². The van der Waals surface area contributed by atoms with Crippen LogP contribution in [0, 0.1) is 5.92 Å². The zero-order chi connectivity index (χ0) is 15.2. The summed E-state index contributed by atoms with van der Waals surface area (Å²) in [7, 11) is 2.12. The van der Waals surface area contributed by atoms with E-state index in [2.05, 4.69) is 17.3 Å². The van der Waals surface area contributed by atoms with E-state index in [1.807, 2.05) is 0 Å². The highest BCUT2D eigenvalue weighted by atomic mass is 16.3. The molecule has 0 spiro atoms. The second kappa shape index (κ2) is 7.43. The van der Waals surface area contributed by atoms with Crippen LogP contribution in [0.4, 0.5) is 0 Å². The minimum absolute atomic E-state index is 0.101. The summed E-state index contributed by atoms with van der Waals surface area (Å²) in [5.74, 6) is 0.642. The Bertz CT molecular complexity index is 461. The van der Waals surface area contributed by atoms with Crippen molar-refractivity contribution in [2.75, 3.05) is 26.7 Å². The third-order valence-corrected chi connectivity index (χ3v) is 4.02. The molecule has 2 atom stereocenters. The maximum absolute atomic E-state index is 12.0. The molecule has 1 fully saturated rings. The first-order valence-corrected chi connectivity index (χ1v) is 7.54. The van der Waals surface area contributed by atoms with Gasteiger partial charge in [-0.05, 0) is 56.5 Å². The Morgan fingerprint density at radius 1 is 1.48 bits per heavy atom. The summed E-state index contributed by atoms with van der Waals surface area (Å²) in [4.78, 5) is 14.3. The number of benzene rings is 1. The van der Waals surface area contributed by atoms with Gasteiger partial charge in [-0.15, -0.1) is 0 Å². The van der Waals surface area contributed by atoms with Crippen molar-refractivity contribution in [2.24, 2.45) is 11.7 Å². The molecule has 2 unspecified atom stereocenters. The largest absolute Gasteiger partial charge is 0.508 e. The van der Waals surface area contributed by atoms with Crippen LogP contribution in [0.2, 0.25) is 0 Å². The van der Waals surface area contributed by atoms with Gasteiger partial charge in [0.25, 0.3) is 0 Å². The van der Waals surface area contributed by atoms with Gasteiger partial charge in [0, 0.05) is 13.1 Å². The maximum Gasteiger partial charge on any atom is 0.237 e. The smallest absolute Gasteiger partial charge is 0.237 e. The number of likely N-dealkylation sites (tertiary alicyclic amines) is 1. The molecular weight excluding hydrogens is 266 g/mol. The fourth-order valence-corrected chi connectivity index (χ4v) is 2.79. The van der Waals surface area contributed by atoms with Crippen LogP contribution in [-0.4, -0.2) is 48.6 Å². The summed E-state index contributed by atoms with van der Waals surface area (Å²) < 4.78 is 0. The highest BCUT2D eigenvalue weighted by molar-refractivity contribution is 5.81. The van der Waals surface area contributed by atoms with Crippen LogP contribution >= 0.6 is 0 Å². The third-order valence-electron chi connectivity index (χ3n) is 4.02. The fraction of sp³-hybridized carbons (Fsp3) is 0.562. The van der Waals surface area contributed by atoms with E-state index in [4.69, 9.17) is 5.73 Å². The second-order valence-electron chi connectivity index (χ2n) is 5.99. The van der Waals surface area contributed by atoms with Gasteiger partial charge in [0.05, 0.1) is 6.04 Å². The van der Waals surface area contributed by atoms with Crippen molar-refractivity contribution < 1.29 is 9.90 Å². The highest BCUT2D eigenvalue weighted by Gasteiger charge is 2.19. The van der Waals surface area contributed by atoms with Crippen molar-refractivity contribution >= 4 is 5.91 Å². The quantitative estimate of drug-likeness (QED) is 0.747. The molecule has 0 saturated carbocycles. The summed E-state index contributed by atoms with van der Waals surface area (Å²) in [6.45, 7) is 2.88. The first-order valence-electron chi connectivity index (χ1n) is 7.54. The number of nitrogens with zero attached hydrogens (tertiary/aromatic N) is 1. The average molecular weight is 291 g/mol. The number of nitrogens with one attached hydrogen (secondary N) is 1. The number of carbonyl (C=O) groups is 1. The number of phenols is 1. The topological polar surface area (TPSA) is 78.6 Å². The molecule has 0 aromatic heterocycles. The van der Waals surface area contributed by atoms with Crippen molar-refractivity contribution in [1.82, 2.24) is 10.2 Å². The predicted octanol–water partition coefficient (Wildman–Crippen LogP) is 0.720. The van der Waals surface area contributed by atoms with Gasteiger partial charge in [0.2, 0.25) is 5.91 Å². The summed E-state index contributed by atoms with van der Waals surface area (Å²) in [6, 6.07) is 6.25. The Balaban J connectivity index is 1.75. The number of hydrogen-bond acceptors (Lipinski definition) is 4. The first-order chi connectivity index (χ1) is 10.0. The standard InChI is InChI=1S/C16H25N3O2/c1-19-8-2-3-13(11-19)10-18-16(21)15(17)9-12-4-6-14(20)7-5-12/h4-7,13,15,20H,2-3,8-11,17H2,1H3,(H,18,21). The van der Waals surface area contributed by atoms with Gasteiger partial charge in [-0.25, -0.2) is 0 Å². The molecule has 1 aliphatic rings. The molecule has 116 valence electrons. The summed E-state index contributed by atoms with van der Waals surface area (Å²) in [5.41, 5.74) is 6.90. The lowest BCUT2D eigenvalue weighted by atomic mass is 9.98. The Morgan fingerprint density at radius 3 is 2.86 bits per heavy atom. The van der Waals surface area contributed by atoms with Crippen LogP contribution in [0.3, 0.4) is 0 Å². The van der Waals surface area contributed by atoms with Crippen molar-refractivity contribution in [1.29, 1.82) is 0 Å². The molecule has 5 nitrogen and oxygen atoms in total. The van der Waals surface area contributed by atoms with E-state index in [0.29, 0.717) is 18.9 Å². The van der Waals surface area contributed by atoms with E-state index in [9.17, 15) is 9.90 Å². The molecule has 5 heteroatoms. The van der Waals surface area contributed by atoms with Gasteiger partial charge in [-0.1, -0.05) is 12.1 Å². The molecule has 1 heterocycles. The number of phenolic OH excluding ortho intramolecular Hbond substituents is 1. The maximum atomic E-state index is 12.0. The number of nitrogens with two attached hydrogens (primary N) is 1. The highest BCUT2D eigenvalue weighted by Crippen LogP contribution is 2.14. The Labute approximate surface area is 126 Å². The van der Waals surface area contributed by atoms with Gasteiger partial charge in [-0.3, -0.25) is 4.79 Å². The molecule has 1 aliphatic heterocycles. The summed E-state index contributed by atoms with van der Waals surface area (Å²) in [5, 5.41) is 12.2. The van der Waals surface area contributed by atoms with Crippen molar-refractivity contribution in [3.8, 4) is 5.75 Å². The molecular formula is C16H25N3O2. The van der Waals surface area contributed by atoms with Crippen LogP contribution in [-0.2, 0) is 11.2 Å². The van der Waals surface area contributed by atoms with E-state index in [0.717, 1.165) is 25.1 Å². The molecule has 4 N–H and O–H groups in total. The molecule has 1 aromatic rings. The number of aromatic hydroxyl groups is 1. The molecule has 1 saturated heterocycles. The molecule has 1 amide bonds. The van der Waals surface area contributed by atoms with E-state index < -0.39 is 6.04 Å². The Hall–Kier alpha value is -1.59. The molecule has 2 rings (SSSR count). The summed E-state index contributed by atoms with van der Waals surface area (Å²) in [6.07, 6.45) is 2.84. The molecule has 0 radical (unpaired) electrons. The van der Waals surface area contributed by atoms with Crippen LogP contribution in [0.15, 0.2) is 24.3 Å². The molecule has 0 bridgehead atoms. The van der Waals surface area contributed by atoms with Crippen molar-refractivity contribution in [2.45, 2.75) is 25.3 Å². The van der Waals surface area contributed by atoms with E-state index in [-0.39, 0.29) is 11.7 Å². The monoisotopic (exact) mass is 291 g/mol. The normalized spacial score (nSPS) is 21.0. The van der Waals surface area contributed by atoms with E-state index in [1.165, 1.54) is 6.42 Å². The van der Waals surface area contributed by atoms with Crippen LogP contribution < -0.4 is 11.1 Å². The van der Waals surface area contributed by atoms with Crippen molar-refractivity contribution in [3.05, 3.63) is 29.8 Å².